The largest absolute Gasteiger partial charge is 0.479 e. The Kier molecular flexibility index (Phi) is 14.5. The highest BCUT2D eigenvalue weighted by atomic mass is 16.7. The summed E-state index contributed by atoms with van der Waals surface area (Å²) in [7, 11) is 5.00. The normalized spacial score (nSPS) is 22.0. The number of unbranched alkanes of at least 4 members (excludes halogenated alkanes) is 1. The first-order valence-corrected chi connectivity index (χ1v) is 14.0. The number of benzene rings is 1. The highest BCUT2D eigenvalue weighted by molar-refractivity contribution is 6.55. The summed E-state index contributed by atoms with van der Waals surface area (Å²) >= 11 is 0. The monoisotopic (exact) mass is 622 g/mol. The van der Waals surface area contributed by atoms with Crippen LogP contribution in [0.1, 0.15) is 45.1 Å². The van der Waals surface area contributed by atoms with Crippen LogP contribution in [0.3, 0.4) is 0 Å². The average Bonchev–Trinajstić information content (AvgIpc) is 2.96. The van der Waals surface area contributed by atoms with Gasteiger partial charge >= 0.3 is 5.97 Å². The van der Waals surface area contributed by atoms with E-state index in [-0.39, 0.29) is 42.8 Å². The smallest absolute Gasteiger partial charge is 0.335 e. The van der Waals surface area contributed by atoms with Crippen molar-refractivity contribution >= 4 is 43.1 Å². The van der Waals surface area contributed by atoms with Gasteiger partial charge in [0.1, 0.15) is 30.7 Å². The first kappa shape index (κ1) is 36.4. The Bertz CT molecular complexity index is 1170. The van der Waals surface area contributed by atoms with Gasteiger partial charge in [0, 0.05) is 25.4 Å². The average molecular weight is 622 g/mol. The molecule has 1 saturated heterocycles. The summed E-state index contributed by atoms with van der Waals surface area (Å²) in [6.45, 7) is 3.70. The van der Waals surface area contributed by atoms with Crippen LogP contribution in [0.4, 0.5) is 10.5 Å². The molecule has 0 aliphatic carbocycles. The number of nitrogens with two attached hydrogens (primary N) is 1. The first-order valence-electron chi connectivity index (χ1n) is 14.0. The Morgan fingerprint density at radius 2 is 1.68 bits per heavy atom. The number of aliphatic carboxylic acids is 1. The summed E-state index contributed by atoms with van der Waals surface area (Å²) in [4.78, 5) is 59.0. The molecule has 9 N–H and O–H groups in total. The summed E-state index contributed by atoms with van der Waals surface area (Å²) in [5.74, 6) is -4.02. The number of rotatable bonds is 16. The lowest BCUT2D eigenvalue weighted by molar-refractivity contribution is -0.271. The summed E-state index contributed by atoms with van der Waals surface area (Å²) in [5, 5.41) is 47.4. The van der Waals surface area contributed by atoms with E-state index in [2.05, 4.69) is 16.0 Å². The summed E-state index contributed by atoms with van der Waals surface area (Å²) in [6, 6.07) is 3.26. The van der Waals surface area contributed by atoms with Gasteiger partial charge in [0.25, 0.3) is 0 Å². The van der Waals surface area contributed by atoms with Gasteiger partial charge in [-0.3, -0.25) is 19.2 Å². The van der Waals surface area contributed by atoms with Crippen molar-refractivity contribution in [3.8, 4) is 5.75 Å². The minimum absolute atomic E-state index is 0.0172. The third-order valence-corrected chi connectivity index (χ3v) is 6.51. The molecule has 1 heterocycles. The van der Waals surface area contributed by atoms with Crippen LogP contribution in [0.5, 0.6) is 5.75 Å². The molecule has 44 heavy (non-hydrogen) atoms. The second-order valence-electron chi connectivity index (χ2n) is 10.4. The number of carboxylic acid groups (broad SMARTS) is 1. The van der Waals surface area contributed by atoms with Crippen molar-refractivity contribution in [3.05, 3.63) is 23.8 Å². The Hall–Kier alpha value is -3.77. The van der Waals surface area contributed by atoms with E-state index in [1.807, 2.05) is 0 Å². The summed E-state index contributed by atoms with van der Waals surface area (Å²) in [6.07, 6.45) is -7.96. The molecule has 0 spiro atoms. The van der Waals surface area contributed by atoms with Crippen molar-refractivity contribution in [1.29, 1.82) is 0 Å². The maximum atomic E-state index is 12.7. The highest BCUT2D eigenvalue weighted by Crippen LogP contribution is 2.31. The molecule has 0 saturated carbocycles. The van der Waals surface area contributed by atoms with Gasteiger partial charge in [-0.2, -0.15) is 0 Å². The summed E-state index contributed by atoms with van der Waals surface area (Å²) in [5.41, 5.74) is 6.26. The molecule has 17 heteroatoms. The number of carboxylic acids is 1. The molecule has 1 aliphatic heterocycles. The lowest BCUT2D eigenvalue weighted by Gasteiger charge is -2.38. The minimum Gasteiger partial charge on any atom is -0.479 e. The zero-order valence-corrected chi connectivity index (χ0v) is 24.4. The molecule has 0 bridgehead atoms. The number of carbonyl (C=O) groups excluding carboxylic acids is 4. The molecule has 2 radical (unpaired) electrons. The van der Waals surface area contributed by atoms with Gasteiger partial charge < -0.3 is 56.3 Å². The molecule has 3 amide bonds. The van der Waals surface area contributed by atoms with Crippen LogP contribution in [0, 0.1) is 5.92 Å². The fraction of sp³-hybridized carbons (Fsp3) is 0.593. The number of nitrogens with one attached hydrogen (secondary N) is 3. The molecule has 242 valence electrons. The van der Waals surface area contributed by atoms with Crippen molar-refractivity contribution in [3.63, 3.8) is 0 Å². The fourth-order valence-electron chi connectivity index (χ4n) is 3.98. The third-order valence-electron chi connectivity index (χ3n) is 6.51. The lowest BCUT2D eigenvalue weighted by atomic mass is 9.99. The van der Waals surface area contributed by atoms with Gasteiger partial charge in [-0.1, -0.05) is 19.9 Å². The van der Waals surface area contributed by atoms with E-state index < -0.39 is 60.4 Å². The molecule has 16 nitrogen and oxygen atoms in total. The van der Waals surface area contributed by atoms with Crippen LogP contribution in [0.15, 0.2) is 18.2 Å². The first-order chi connectivity index (χ1) is 20.7. The number of ether oxygens (including phenoxy) is 3. The minimum atomic E-state index is -1.93. The van der Waals surface area contributed by atoms with Crippen molar-refractivity contribution < 1.29 is 58.6 Å². The fourth-order valence-corrected chi connectivity index (χ4v) is 3.98. The van der Waals surface area contributed by atoms with Crippen LogP contribution >= 0.6 is 0 Å². The standard InChI is InChI=1S/C27H39BN4O12/c1-13(2)23(37)30-9-4-3-5-15(29)24(38)31-10-8-18(33)32-16-11-14(12-42-27(28)41)6-7-17(16)43-26-21(36)19(34)20(35)22(44-26)25(39)40/h6-7,11,13,15,19-22,26,34-36H,3-5,8-10,12,29H2,1-2H3,(H,30,37)(H,31,38)(H,32,33)(H,39,40)/t15?,19-,20-,21+,22-,26+/m0/s1. The van der Waals surface area contributed by atoms with Gasteiger partial charge in [-0.25, -0.2) is 4.79 Å². The number of hydrogen-bond donors (Lipinski definition) is 8. The molecule has 1 aromatic rings. The maximum Gasteiger partial charge on any atom is 0.335 e. The van der Waals surface area contributed by atoms with Crippen LogP contribution in [0.2, 0.25) is 0 Å². The Morgan fingerprint density at radius 3 is 2.32 bits per heavy atom. The van der Waals surface area contributed by atoms with Crippen molar-refractivity contribution in [2.24, 2.45) is 11.7 Å². The molecular weight excluding hydrogens is 583 g/mol. The van der Waals surface area contributed by atoms with Crippen molar-refractivity contribution in [1.82, 2.24) is 10.6 Å². The zero-order valence-electron chi connectivity index (χ0n) is 24.4. The van der Waals surface area contributed by atoms with Crippen LogP contribution in [0.25, 0.3) is 0 Å². The van der Waals surface area contributed by atoms with Crippen LogP contribution in [-0.4, -0.2) is 108 Å². The SMILES string of the molecule is [B]C(=O)OCc1ccc(O[C@@H]2O[C@H](C(=O)O)[C@@H](O)[C@H](O)[C@H]2O)c(NC(=O)CCNC(=O)C(N)CCCCNC(=O)C(C)C)c1. The van der Waals surface area contributed by atoms with Gasteiger partial charge in [0.05, 0.1) is 11.7 Å². The highest BCUT2D eigenvalue weighted by Gasteiger charge is 2.48. The Morgan fingerprint density at radius 1 is 1.00 bits per heavy atom. The summed E-state index contributed by atoms with van der Waals surface area (Å²) < 4.78 is 15.5. The number of amides is 3. The second-order valence-corrected chi connectivity index (χ2v) is 10.4. The number of anilines is 1. The van der Waals surface area contributed by atoms with E-state index in [0.717, 1.165) is 0 Å². The zero-order chi connectivity index (χ0) is 33.0. The molecule has 1 aromatic carbocycles. The van der Waals surface area contributed by atoms with Gasteiger partial charge in [-0.05, 0) is 37.0 Å². The van der Waals surface area contributed by atoms with E-state index >= 15 is 0 Å². The molecule has 1 aliphatic rings. The maximum absolute atomic E-state index is 12.7. The molecule has 6 atom stereocenters. The van der Waals surface area contributed by atoms with E-state index in [4.69, 9.17) is 27.8 Å². The molecule has 1 unspecified atom stereocenters. The molecule has 2 rings (SSSR count). The Labute approximate surface area is 255 Å². The van der Waals surface area contributed by atoms with E-state index in [1.165, 1.54) is 18.2 Å². The second kappa shape index (κ2) is 17.5. The predicted molar refractivity (Wildman–Crippen MR) is 153 cm³/mol. The van der Waals surface area contributed by atoms with Crippen LogP contribution in [-0.2, 0) is 35.3 Å². The molecule has 1 fully saturated rings. The predicted octanol–water partition coefficient (Wildman–Crippen LogP) is -1.52. The van der Waals surface area contributed by atoms with Crippen molar-refractivity contribution in [2.75, 3.05) is 18.4 Å². The topological polar surface area (TPSA) is 256 Å². The van der Waals surface area contributed by atoms with Gasteiger partial charge in [0.2, 0.25) is 37.7 Å². The molecule has 0 aromatic heterocycles. The van der Waals surface area contributed by atoms with E-state index in [0.29, 0.717) is 31.4 Å². The lowest BCUT2D eigenvalue weighted by Crippen LogP contribution is -2.61. The quantitative estimate of drug-likeness (QED) is 0.0771. The van der Waals surface area contributed by atoms with Crippen LogP contribution < -0.4 is 26.4 Å². The van der Waals surface area contributed by atoms with Gasteiger partial charge in [-0.15, -0.1) is 0 Å². The third kappa shape index (κ3) is 11.4. The van der Waals surface area contributed by atoms with E-state index in [1.54, 1.807) is 13.8 Å². The number of carbonyl (C=O) groups is 5. The van der Waals surface area contributed by atoms with Gasteiger partial charge in [0.15, 0.2) is 6.10 Å². The number of aliphatic hydroxyl groups excluding tert-OH is 3. The van der Waals surface area contributed by atoms with E-state index in [9.17, 15) is 44.4 Å². The number of hydrogen-bond acceptors (Lipinski definition) is 12. The Balaban J connectivity index is 1.98. The molecular formula is C27H39BN4O12. The number of aliphatic hydroxyl groups is 3. The van der Waals surface area contributed by atoms with Crippen molar-refractivity contribution in [2.45, 2.75) is 82.9 Å².